The molecule has 0 aliphatic carbocycles. The first-order chi connectivity index (χ1) is 20.2. The molecular weight excluding hydrogens is 512 g/mol. The van der Waals surface area contributed by atoms with Gasteiger partial charge in [0.2, 0.25) is 5.88 Å². The number of methoxy groups -OCH3 is 1. The van der Waals surface area contributed by atoms with Crippen molar-refractivity contribution in [1.82, 2.24) is 19.6 Å². The lowest BCUT2D eigenvalue weighted by Crippen LogP contribution is -2.15. The Morgan fingerprint density at radius 3 is 2.39 bits per heavy atom. The van der Waals surface area contributed by atoms with E-state index in [1.165, 1.54) is 5.39 Å². The molecule has 0 radical (unpaired) electrons. The van der Waals surface area contributed by atoms with E-state index in [2.05, 4.69) is 65.6 Å². The number of benzene rings is 5. The van der Waals surface area contributed by atoms with Crippen molar-refractivity contribution in [3.05, 3.63) is 132 Å². The summed E-state index contributed by atoms with van der Waals surface area (Å²) in [7, 11) is 1.67. The minimum absolute atomic E-state index is 0.180. The highest BCUT2D eigenvalue weighted by Gasteiger charge is 2.34. The van der Waals surface area contributed by atoms with E-state index < -0.39 is 0 Å². The van der Waals surface area contributed by atoms with Crippen LogP contribution in [0.15, 0.2) is 109 Å². The molecule has 1 aliphatic heterocycles. The van der Waals surface area contributed by atoms with Crippen LogP contribution >= 0.6 is 0 Å². The van der Waals surface area contributed by atoms with Gasteiger partial charge in [-0.15, -0.1) is 5.10 Å². The SMILES string of the molecule is COc1ccc([C@H]2c3c(ccc4ccccc34)Oc3ncn4nc(COc5ccc6ccccc6c5)nc4c32)cc1. The largest absolute Gasteiger partial charge is 0.497 e. The summed E-state index contributed by atoms with van der Waals surface area (Å²) < 4.78 is 19.7. The first-order valence-corrected chi connectivity index (χ1v) is 13.4. The van der Waals surface area contributed by atoms with Crippen molar-refractivity contribution < 1.29 is 14.2 Å². The van der Waals surface area contributed by atoms with Crippen molar-refractivity contribution in [3.8, 4) is 23.1 Å². The van der Waals surface area contributed by atoms with Crippen LogP contribution in [0.2, 0.25) is 0 Å². The lowest BCUT2D eigenvalue weighted by atomic mass is 9.81. The van der Waals surface area contributed by atoms with Gasteiger partial charge in [-0.05, 0) is 57.4 Å². The maximum absolute atomic E-state index is 6.42. The molecule has 1 atom stereocenters. The lowest BCUT2D eigenvalue weighted by molar-refractivity contribution is 0.296. The zero-order valence-corrected chi connectivity index (χ0v) is 22.2. The van der Waals surface area contributed by atoms with E-state index in [1.54, 1.807) is 18.0 Å². The number of ether oxygens (including phenoxy) is 3. The fourth-order valence-corrected chi connectivity index (χ4v) is 5.74. The van der Waals surface area contributed by atoms with Gasteiger partial charge < -0.3 is 14.2 Å². The second-order valence-electron chi connectivity index (χ2n) is 10.1. The molecule has 5 aromatic carbocycles. The van der Waals surface area contributed by atoms with Crippen LogP contribution in [0.25, 0.3) is 27.2 Å². The Bertz CT molecular complexity index is 2090. The van der Waals surface area contributed by atoms with Crippen LogP contribution in [0.4, 0.5) is 0 Å². The van der Waals surface area contributed by atoms with E-state index in [0.29, 0.717) is 17.4 Å². The van der Waals surface area contributed by atoms with Crippen LogP contribution in [0, 0.1) is 0 Å². The van der Waals surface area contributed by atoms with Crippen LogP contribution in [0.5, 0.6) is 23.1 Å². The van der Waals surface area contributed by atoms with Gasteiger partial charge >= 0.3 is 0 Å². The Morgan fingerprint density at radius 1 is 0.780 bits per heavy atom. The molecule has 8 rings (SSSR count). The Morgan fingerprint density at radius 2 is 1.54 bits per heavy atom. The van der Waals surface area contributed by atoms with Crippen molar-refractivity contribution in [3.63, 3.8) is 0 Å². The third-order valence-corrected chi connectivity index (χ3v) is 7.68. The smallest absolute Gasteiger partial charge is 0.228 e. The van der Waals surface area contributed by atoms with E-state index in [4.69, 9.17) is 24.3 Å². The molecule has 0 unspecified atom stereocenters. The number of hydrogen-bond donors (Lipinski definition) is 0. The molecule has 0 amide bonds. The molecule has 0 saturated carbocycles. The summed E-state index contributed by atoms with van der Waals surface area (Å²) in [6, 6.07) is 34.9. The van der Waals surface area contributed by atoms with Gasteiger partial charge in [0.05, 0.1) is 12.7 Å². The average molecular weight is 537 g/mol. The average Bonchev–Trinajstić information content (AvgIpc) is 3.46. The molecule has 198 valence electrons. The first kappa shape index (κ1) is 23.5. The third kappa shape index (κ3) is 3.93. The van der Waals surface area contributed by atoms with Gasteiger partial charge in [0, 0.05) is 11.5 Å². The molecular formula is C34H24N4O3. The highest BCUT2D eigenvalue weighted by molar-refractivity contribution is 5.91. The molecule has 7 nitrogen and oxygen atoms in total. The lowest BCUT2D eigenvalue weighted by Gasteiger charge is -2.29. The molecule has 0 bridgehead atoms. The van der Waals surface area contributed by atoms with E-state index >= 15 is 0 Å². The fourth-order valence-electron chi connectivity index (χ4n) is 5.74. The van der Waals surface area contributed by atoms with E-state index in [9.17, 15) is 0 Å². The van der Waals surface area contributed by atoms with Gasteiger partial charge in [0.1, 0.15) is 30.2 Å². The summed E-state index contributed by atoms with van der Waals surface area (Å²) in [5.74, 6) is 3.25. The Kier molecular flexibility index (Phi) is 5.35. The van der Waals surface area contributed by atoms with E-state index in [1.807, 2.05) is 42.5 Å². The summed E-state index contributed by atoms with van der Waals surface area (Å²) in [5, 5.41) is 9.27. The van der Waals surface area contributed by atoms with Crippen LogP contribution in [-0.2, 0) is 6.61 Å². The van der Waals surface area contributed by atoms with Gasteiger partial charge in [-0.1, -0.05) is 72.8 Å². The predicted octanol–water partition coefficient (Wildman–Crippen LogP) is 7.30. The molecule has 7 aromatic rings. The molecule has 0 fully saturated rings. The van der Waals surface area contributed by atoms with Crippen LogP contribution in [-0.4, -0.2) is 26.7 Å². The van der Waals surface area contributed by atoms with Crippen molar-refractivity contribution >= 4 is 27.2 Å². The molecule has 0 spiro atoms. The predicted molar refractivity (Wildman–Crippen MR) is 157 cm³/mol. The van der Waals surface area contributed by atoms with Crippen molar-refractivity contribution in [2.24, 2.45) is 0 Å². The summed E-state index contributed by atoms with van der Waals surface area (Å²) in [4.78, 5) is 9.62. The molecule has 2 aromatic heterocycles. The van der Waals surface area contributed by atoms with Crippen LogP contribution in [0.1, 0.15) is 28.4 Å². The molecule has 3 heterocycles. The maximum atomic E-state index is 6.42. The monoisotopic (exact) mass is 536 g/mol. The van der Waals surface area contributed by atoms with Crippen LogP contribution < -0.4 is 14.2 Å². The second-order valence-corrected chi connectivity index (χ2v) is 10.1. The quantitative estimate of drug-likeness (QED) is 0.230. The van der Waals surface area contributed by atoms with Gasteiger partial charge in [-0.3, -0.25) is 0 Å². The van der Waals surface area contributed by atoms with Gasteiger partial charge in [-0.2, -0.15) is 0 Å². The first-order valence-electron chi connectivity index (χ1n) is 13.4. The topological polar surface area (TPSA) is 70.8 Å². The summed E-state index contributed by atoms with van der Waals surface area (Å²) >= 11 is 0. The second kappa shape index (κ2) is 9.34. The maximum Gasteiger partial charge on any atom is 0.228 e. The van der Waals surface area contributed by atoms with Gasteiger partial charge in [0.25, 0.3) is 0 Å². The Hall–Kier alpha value is -5.43. The Balaban J connectivity index is 1.25. The standard InChI is InChI=1S/C34H24N4O3/c1-39-25-14-11-23(12-15-25)30-31-27-9-5-4-7-22(27)13-17-28(31)41-34-32(30)33-36-29(37-38(33)20-35-34)19-40-26-16-10-21-6-2-3-8-24(21)18-26/h2-18,20,30H,19H2,1H3/t30-/m0/s1. The Labute approximate surface area is 235 Å². The number of aromatic nitrogens is 4. The third-order valence-electron chi connectivity index (χ3n) is 7.68. The van der Waals surface area contributed by atoms with Crippen LogP contribution in [0.3, 0.4) is 0 Å². The van der Waals surface area contributed by atoms with Gasteiger partial charge in [0.15, 0.2) is 11.5 Å². The van der Waals surface area contributed by atoms with Crippen molar-refractivity contribution in [1.29, 1.82) is 0 Å². The van der Waals surface area contributed by atoms with Crippen molar-refractivity contribution in [2.45, 2.75) is 12.5 Å². The van der Waals surface area contributed by atoms with Gasteiger partial charge in [-0.25, -0.2) is 14.5 Å². The summed E-state index contributed by atoms with van der Waals surface area (Å²) in [5.41, 5.74) is 3.71. The minimum Gasteiger partial charge on any atom is -0.497 e. The zero-order chi connectivity index (χ0) is 27.3. The number of fused-ring (bicyclic) bond motifs is 7. The van der Waals surface area contributed by atoms with Crippen molar-refractivity contribution in [2.75, 3.05) is 7.11 Å². The zero-order valence-electron chi connectivity index (χ0n) is 22.2. The molecule has 0 N–H and O–H groups in total. The van der Waals surface area contributed by atoms with E-state index in [0.717, 1.165) is 50.1 Å². The minimum atomic E-state index is -0.180. The highest BCUT2D eigenvalue weighted by Crippen LogP contribution is 2.50. The molecule has 7 heteroatoms. The number of rotatable bonds is 5. The summed E-state index contributed by atoms with van der Waals surface area (Å²) in [6.07, 6.45) is 1.65. The van der Waals surface area contributed by atoms with E-state index in [-0.39, 0.29) is 12.5 Å². The molecule has 41 heavy (non-hydrogen) atoms. The number of nitrogens with zero attached hydrogens (tertiary/aromatic N) is 4. The fraction of sp³-hybridized carbons (Fsp3) is 0.0882. The molecule has 0 saturated heterocycles. The number of hydrogen-bond acceptors (Lipinski definition) is 6. The molecule has 1 aliphatic rings. The normalized spacial score (nSPS) is 14.0. The highest BCUT2D eigenvalue weighted by atomic mass is 16.5. The summed E-state index contributed by atoms with van der Waals surface area (Å²) in [6.45, 7) is 0.225.